The van der Waals surface area contributed by atoms with Gasteiger partial charge in [0.15, 0.2) is 0 Å². The highest BCUT2D eigenvalue weighted by Crippen LogP contribution is 2.28. The van der Waals surface area contributed by atoms with Crippen LogP contribution in [0.15, 0.2) is 47.6 Å². The molecule has 0 aliphatic carbocycles. The lowest BCUT2D eigenvalue weighted by Crippen LogP contribution is -2.14. The van der Waals surface area contributed by atoms with Gasteiger partial charge < -0.3 is 25.5 Å². The third-order valence-electron chi connectivity index (χ3n) is 7.33. The zero-order valence-electron chi connectivity index (χ0n) is 24.5. The summed E-state index contributed by atoms with van der Waals surface area (Å²) < 4.78 is 0. The second-order valence-corrected chi connectivity index (χ2v) is 11.5. The Balaban J connectivity index is 3.07. The summed E-state index contributed by atoms with van der Waals surface area (Å²) in [5.74, 6) is 0.439. The van der Waals surface area contributed by atoms with Crippen molar-refractivity contribution in [3.63, 3.8) is 0 Å². The first kappa shape index (κ1) is 34.9. The Morgan fingerprint density at radius 3 is 2.33 bits per heavy atom. The van der Waals surface area contributed by atoms with Crippen LogP contribution in [0.1, 0.15) is 110 Å². The molecule has 0 saturated heterocycles. The van der Waals surface area contributed by atoms with Gasteiger partial charge in [-0.25, -0.2) is 0 Å². The maximum atomic E-state index is 11.1. The van der Waals surface area contributed by atoms with E-state index in [1.54, 1.807) is 12.1 Å². The number of aliphatic hydroxyl groups excluding tert-OH is 3. The molecule has 0 bridgehead atoms. The molecule has 0 aliphatic rings. The molecule has 1 aromatic rings. The van der Waals surface area contributed by atoms with Crippen LogP contribution in [0.3, 0.4) is 0 Å². The number of carboxylic acid groups (broad SMARTS) is 1. The lowest BCUT2D eigenvalue weighted by atomic mass is 9.87. The number of rotatable bonds is 22. The first-order valence-electron chi connectivity index (χ1n) is 15.0. The topological polar surface area (TPSA) is 118 Å². The van der Waals surface area contributed by atoms with Gasteiger partial charge in [0.25, 0.3) is 0 Å². The zero-order chi connectivity index (χ0) is 29.0. The van der Waals surface area contributed by atoms with E-state index in [4.69, 9.17) is 5.11 Å². The smallest absolute Gasteiger partial charge is 0.303 e. The molecule has 0 heterocycles. The Bertz CT molecular complexity index is 860. The number of hydrogen-bond donors (Lipinski definition) is 5. The highest BCUT2D eigenvalue weighted by molar-refractivity contribution is 5.66. The van der Waals surface area contributed by atoms with Crippen LogP contribution in [0.25, 0.3) is 0 Å². The average molecular weight is 547 g/mol. The van der Waals surface area contributed by atoms with Gasteiger partial charge in [0.05, 0.1) is 18.8 Å². The van der Waals surface area contributed by atoms with Crippen molar-refractivity contribution in [2.24, 2.45) is 11.8 Å². The Labute approximate surface area is 236 Å². The largest absolute Gasteiger partial charge is 0.508 e. The number of aliphatic hydroxyl groups is 3. The molecule has 0 spiro atoms. The van der Waals surface area contributed by atoms with Crippen LogP contribution < -0.4 is 0 Å². The minimum Gasteiger partial charge on any atom is -0.508 e. The number of aromatic hydroxyl groups is 1. The van der Waals surface area contributed by atoms with Crippen molar-refractivity contribution in [1.29, 1.82) is 0 Å². The highest BCUT2D eigenvalue weighted by Gasteiger charge is 2.15. The molecule has 0 aliphatic heterocycles. The normalized spacial score (nSPS) is 14.9. The van der Waals surface area contributed by atoms with Gasteiger partial charge in [-0.15, -0.1) is 0 Å². The van der Waals surface area contributed by atoms with E-state index in [0.29, 0.717) is 37.5 Å². The number of aliphatic carboxylic acids is 1. The molecule has 39 heavy (non-hydrogen) atoms. The van der Waals surface area contributed by atoms with Crippen molar-refractivity contribution in [2.75, 3.05) is 6.61 Å². The molecule has 0 fully saturated rings. The van der Waals surface area contributed by atoms with Crippen LogP contribution in [0.2, 0.25) is 0 Å². The molecule has 1 aromatic carbocycles. The van der Waals surface area contributed by atoms with Gasteiger partial charge in [-0.05, 0) is 73.6 Å². The first-order chi connectivity index (χ1) is 18.6. The van der Waals surface area contributed by atoms with Crippen molar-refractivity contribution in [3.05, 3.63) is 53.1 Å². The molecule has 0 amide bonds. The number of phenolic OH excluding ortho intramolecular Hbond substituents is 1. The summed E-state index contributed by atoms with van der Waals surface area (Å²) in [6.07, 6.45) is 13.7. The van der Waals surface area contributed by atoms with Gasteiger partial charge in [-0.3, -0.25) is 4.79 Å². The number of phenols is 1. The summed E-state index contributed by atoms with van der Waals surface area (Å²) in [6, 6.07) is 7.12. The molecule has 0 saturated carbocycles. The summed E-state index contributed by atoms with van der Waals surface area (Å²) in [5, 5.41) is 49.6. The van der Waals surface area contributed by atoms with Gasteiger partial charge in [-0.2, -0.15) is 0 Å². The summed E-state index contributed by atoms with van der Waals surface area (Å²) in [5.41, 5.74) is 2.97. The molecule has 0 aromatic heterocycles. The maximum Gasteiger partial charge on any atom is 0.303 e. The summed E-state index contributed by atoms with van der Waals surface area (Å²) in [4.78, 5) is 11.1. The van der Waals surface area contributed by atoms with Crippen molar-refractivity contribution in [1.82, 2.24) is 0 Å². The predicted molar refractivity (Wildman–Crippen MR) is 159 cm³/mol. The van der Waals surface area contributed by atoms with E-state index in [9.17, 15) is 25.2 Å². The average Bonchev–Trinajstić information content (AvgIpc) is 2.89. The van der Waals surface area contributed by atoms with Crippen LogP contribution in [-0.4, -0.2) is 50.3 Å². The molecular formula is C33H54O6. The quantitative estimate of drug-likeness (QED) is 0.0793. The highest BCUT2D eigenvalue weighted by atomic mass is 16.4. The molecular weight excluding hydrogens is 492 g/mol. The van der Waals surface area contributed by atoms with Gasteiger partial charge in [0.1, 0.15) is 5.75 Å². The van der Waals surface area contributed by atoms with E-state index in [1.807, 2.05) is 24.3 Å². The minimum atomic E-state index is -0.864. The lowest BCUT2D eigenvalue weighted by Gasteiger charge is -2.19. The van der Waals surface area contributed by atoms with Crippen molar-refractivity contribution in [3.8, 4) is 5.75 Å². The third kappa shape index (κ3) is 17.2. The Hall–Kier alpha value is -2.15. The number of carbonyl (C=O) groups is 1. The standard InChI is InChI=1S/C33H54O6/c1-4-5-6-13-30(35)19-18-29(21-27-11-9-14-31(36)22-27)28(23-32(37)24-34)12-8-7-10-26(16-15-25(2)3)17-20-33(38)39/h9,11,14,18-19,22,25-26,30,32,34-37H,4-8,10,12-13,15-17,20-21,23-24H2,1-3H3,(H,38,39)/b19-18+,29-28+/t26-,30+,32+/m1/s1. The summed E-state index contributed by atoms with van der Waals surface area (Å²) in [7, 11) is 0. The number of allylic oxidation sites excluding steroid dienone is 2. The van der Waals surface area contributed by atoms with Crippen LogP contribution in [0.5, 0.6) is 5.75 Å². The third-order valence-corrected chi connectivity index (χ3v) is 7.33. The van der Waals surface area contributed by atoms with Crippen LogP contribution in [0, 0.1) is 11.8 Å². The molecule has 0 unspecified atom stereocenters. The van der Waals surface area contributed by atoms with E-state index in [2.05, 4.69) is 20.8 Å². The number of unbranched alkanes of at least 4 members (excludes halogenated alkanes) is 3. The van der Waals surface area contributed by atoms with Gasteiger partial charge >= 0.3 is 5.97 Å². The molecule has 5 N–H and O–H groups in total. The molecule has 1 rings (SSSR count). The fraction of sp³-hybridized carbons (Fsp3) is 0.667. The SMILES string of the molecule is CCCCC[C@H](O)/C=C/C(Cc1cccc(O)c1)=C(/CCCC[C@@H](CCC(=O)O)CCC(C)C)C[C@H](O)CO. The van der Waals surface area contributed by atoms with Crippen molar-refractivity contribution < 1.29 is 30.3 Å². The second-order valence-electron chi connectivity index (χ2n) is 11.5. The van der Waals surface area contributed by atoms with Crippen LogP contribution >= 0.6 is 0 Å². The number of carboxylic acids is 1. The van der Waals surface area contributed by atoms with E-state index < -0.39 is 18.2 Å². The van der Waals surface area contributed by atoms with Crippen molar-refractivity contribution >= 4 is 5.97 Å². The number of benzene rings is 1. The Morgan fingerprint density at radius 1 is 0.949 bits per heavy atom. The molecule has 6 nitrogen and oxygen atoms in total. The minimum absolute atomic E-state index is 0.196. The van der Waals surface area contributed by atoms with E-state index >= 15 is 0 Å². The fourth-order valence-corrected chi connectivity index (χ4v) is 4.96. The van der Waals surface area contributed by atoms with Crippen LogP contribution in [0.4, 0.5) is 0 Å². The number of hydrogen-bond acceptors (Lipinski definition) is 5. The fourth-order valence-electron chi connectivity index (χ4n) is 4.96. The summed E-state index contributed by atoms with van der Waals surface area (Å²) in [6.45, 7) is 6.20. The molecule has 6 heteroatoms. The zero-order valence-corrected chi connectivity index (χ0v) is 24.5. The van der Waals surface area contributed by atoms with E-state index in [1.165, 1.54) is 0 Å². The van der Waals surface area contributed by atoms with Crippen LogP contribution in [-0.2, 0) is 11.2 Å². The van der Waals surface area contributed by atoms with Gasteiger partial charge in [-0.1, -0.05) is 95.6 Å². The van der Waals surface area contributed by atoms with E-state index in [-0.39, 0.29) is 18.8 Å². The second kappa shape index (κ2) is 20.7. The molecule has 3 atom stereocenters. The van der Waals surface area contributed by atoms with Crippen molar-refractivity contribution in [2.45, 2.75) is 123 Å². The Morgan fingerprint density at radius 2 is 1.69 bits per heavy atom. The lowest BCUT2D eigenvalue weighted by molar-refractivity contribution is -0.137. The molecule has 0 radical (unpaired) electrons. The monoisotopic (exact) mass is 546 g/mol. The first-order valence-corrected chi connectivity index (χ1v) is 15.0. The molecule has 222 valence electrons. The maximum absolute atomic E-state index is 11.1. The Kier molecular flexibility index (Phi) is 18.5. The van der Waals surface area contributed by atoms with Gasteiger partial charge in [0.2, 0.25) is 0 Å². The predicted octanol–water partition coefficient (Wildman–Crippen LogP) is 6.95. The summed E-state index contributed by atoms with van der Waals surface area (Å²) >= 11 is 0. The van der Waals surface area contributed by atoms with E-state index in [0.717, 1.165) is 74.5 Å². The van der Waals surface area contributed by atoms with Gasteiger partial charge in [0, 0.05) is 6.42 Å².